The summed E-state index contributed by atoms with van der Waals surface area (Å²) >= 11 is 0. The van der Waals surface area contributed by atoms with Crippen molar-refractivity contribution in [2.75, 3.05) is 52.9 Å². The van der Waals surface area contributed by atoms with Crippen molar-refractivity contribution >= 4 is 22.9 Å². The van der Waals surface area contributed by atoms with Crippen molar-refractivity contribution in [3.8, 4) is 5.75 Å². The number of carbonyl (C=O) groups excluding carboxylic acids is 2. The van der Waals surface area contributed by atoms with Crippen molar-refractivity contribution in [2.45, 2.75) is 45.0 Å². The van der Waals surface area contributed by atoms with Gasteiger partial charge in [0.25, 0.3) is 5.91 Å². The van der Waals surface area contributed by atoms with Gasteiger partial charge in [0.2, 0.25) is 0 Å². The molecule has 2 aliphatic rings. The summed E-state index contributed by atoms with van der Waals surface area (Å²) in [4.78, 5) is 29.9. The number of hydrogen-bond acceptors (Lipinski definition) is 5. The Kier molecular flexibility index (Phi) is 7.67. The normalized spacial score (nSPS) is 18.2. The molecule has 1 aromatic carbocycles. The van der Waals surface area contributed by atoms with E-state index in [1.807, 2.05) is 42.7 Å². The molecule has 0 spiro atoms. The van der Waals surface area contributed by atoms with Crippen molar-refractivity contribution in [3.63, 3.8) is 0 Å². The summed E-state index contributed by atoms with van der Waals surface area (Å²) in [6, 6.07) is 7.58. The van der Waals surface area contributed by atoms with E-state index >= 15 is 0 Å². The molecule has 2 amide bonds. The molecule has 36 heavy (non-hydrogen) atoms. The first-order chi connectivity index (χ1) is 17.1. The van der Waals surface area contributed by atoms with Crippen LogP contribution in [0.5, 0.6) is 5.75 Å². The molecular formula is C25H33F3N4O4. The van der Waals surface area contributed by atoms with Crippen molar-refractivity contribution in [1.29, 1.82) is 0 Å². The molecule has 2 aromatic rings. The summed E-state index contributed by atoms with van der Waals surface area (Å²) in [5.41, 5.74) is 1.48. The Labute approximate surface area is 208 Å². The molecular weight excluding hydrogens is 477 g/mol. The highest BCUT2D eigenvalue weighted by Gasteiger charge is 2.33. The third-order valence-electron chi connectivity index (χ3n) is 6.79. The van der Waals surface area contributed by atoms with Gasteiger partial charge in [0.05, 0.1) is 13.7 Å². The number of fused-ring (bicyclic) bond motifs is 1. The van der Waals surface area contributed by atoms with Gasteiger partial charge in [-0.15, -0.1) is 0 Å². The average molecular weight is 511 g/mol. The number of hydrogen-bond donors (Lipinski definition) is 0. The van der Waals surface area contributed by atoms with Crippen LogP contribution in [0.25, 0.3) is 10.9 Å². The Morgan fingerprint density at radius 1 is 1.00 bits per heavy atom. The standard InChI is InChI=1S/C25H33F3N4O4/c1-17(2)32-21-5-4-20(36-19-6-8-29(9-7-19)16-25(26,27)28)14-18(21)15-22(32)23(33)30-10-12-31(13-11-30)24(34)35-3/h4-5,14-15,17,19H,6-13,16H2,1-3H3. The number of aromatic nitrogens is 1. The highest BCUT2D eigenvalue weighted by atomic mass is 19.4. The zero-order valence-electron chi connectivity index (χ0n) is 20.9. The molecule has 2 aliphatic heterocycles. The SMILES string of the molecule is COC(=O)N1CCN(C(=O)c2cc3cc(OC4CCN(CC(F)(F)F)CC4)ccc3n2C(C)C)CC1. The van der Waals surface area contributed by atoms with Crippen LogP contribution in [0.3, 0.4) is 0 Å². The van der Waals surface area contributed by atoms with Crippen LogP contribution in [-0.4, -0.2) is 96.5 Å². The summed E-state index contributed by atoms with van der Waals surface area (Å²) in [6.45, 7) is 5.53. The second-order valence-corrected chi connectivity index (χ2v) is 9.67. The number of rotatable bonds is 5. The molecule has 0 unspecified atom stereocenters. The average Bonchev–Trinajstić information content (AvgIpc) is 3.22. The first kappa shape index (κ1) is 26.1. The molecule has 0 bridgehead atoms. The van der Waals surface area contributed by atoms with E-state index in [4.69, 9.17) is 9.47 Å². The fourth-order valence-corrected chi connectivity index (χ4v) is 5.02. The molecule has 0 aliphatic carbocycles. The predicted octanol–water partition coefficient (Wildman–Crippen LogP) is 4.15. The molecule has 2 fully saturated rings. The van der Waals surface area contributed by atoms with Crippen LogP contribution in [-0.2, 0) is 4.74 Å². The lowest BCUT2D eigenvalue weighted by molar-refractivity contribution is -0.149. The summed E-state index contributed by atoms with van der Waals surface area (Å²) in [5.74, 6) is 0.548. The van der Waals surface area contributed by atoms with E-state index in [0.29, 0.717) is 63.6 Å². The molecule has 0 atom stereocenters. The quantitative estimate of drug-likeness (QED) is 0.605. The minimum Gasteiger partial charge on any atom is -0.490 e. The van der Waals surface area contributed by atoms with Crippen LogP contribution in [0.15, 0.2) is 24.3 Å². The Morgan fingerprint density at radius 3 is 2.22 bits per heavy atom. The molecule has 0 N–H and O–H groups in total. The third kappa shape index (κ3) is 5.88. The third-order valence-corrected chi connectivity index (χ3v) is 6.79. The Bertz CT molecular complexity index is 1080. The highest BCUT2D eigenvalue weighted by Crippen LogP contribution is 2.30. The number of amides is 2. The number of piperazine rings is 1. The fraction of sp³-hybridized carbons (Fsp3) is 0.600. The second-order valence-electron chi connectivity index (χ2n) is 9.67. The van der Waals surface area contributed by atoms with Crippen LogP contribution >= 0.6 is 0 Å². The molecule has 0 saturated carbocycles. The lowest BCUT2D eigenvalue weighted by Gasteiger charge is -2.34. The number of carbonyl (C=O) groups is 2. The van der Waals surface area contributed by atoms with Gasteiger partial charge in [-0.3, -0.25) is 9.69 Å². The van der Waals surface area contributed by atoms with Gasteiger partial charge in [-0.05, 0) is 51.0 Å². The number of ether oxygens (including phenoxy) is 2. The highest BCUT2D eigenvalue weighted by molar-refractivity contribution is 5.99. The van der Waals surface area contributed by atoms with E-state index in [1.165, 1.54) is 12.0 Å². The lowest BCUT2D eigenvalue weighted by atomic mass is 10.1. The minimum atomic E-state index is -4.19. The molecule has 2 saturated heterocycles. The minimum absolute atomic E-state index is 0.0440. The van der Waals surface area contributed by atoms with Crippen molar-refractivity contribution < 1.29 is 32.2 Å². The Morgan fingerprint density at radius 2 is 1.64 bits per heavy atom. The topological polar surface area (TPSA) is 67.2 Å². The van der Waals surface area contributed by atoms with Crippen LogP contribution in [0.1, 0.15) is 43.2 Å². The van der Waals surface area contributed by atoms with Crippen molar-refractivity contribution in [3.05, 3.63) is 30.0 Å². The lowest BCUT2D eigenvalue weighted by Crippen LogP contribution is -2.50. The maximum atomic E-state index is 13.4. The van der Waals surface area contributed by atoms with E-state index in [2.05, 4.69) is 0 Å². The van der Waals surface area contributed by atoms with Crippen LogP contribution in [0, 0.1) is 0 Å². The van der Waals surface area contributed by atoms with Gasteiger partial charge < -0.3 is 23.8 Å². The van der Waals surface area contributed by atoms with E-state index in [0.717, 1.165) is 10.9 Å². The maximum Gasteiger partial charge on any atom is 0.409 e. The Hall–Kier alpha value is -2.95. The Balaban J connectivity index is 1.46. The number of halogens is 3. The van der Waals surface area contributed by atoms with Gasteiger partial charge in [0.1, 0.15) is 17.5 Å². The van der Waals surface area contributed by atoms with E-state index < -0.39 is 18.8 Å². The van der Waals surface area contributed by atoms with Crippen LogP contribution in [0.4, 0.5) is 18.0 Å². The maximum absolute atomic E-state index is 13.4. The van der Waals surface area contributed by atoms with E-state index in [-0.39, 0.29) is 18.1 Å². The number of piperidine rings is 1. The predicted molar refractivity (Wildman–Crippen MR) is 128 cm³/mol. The van der Waals surface area contributed by atoms with Gasteiger partial charge in [0.15, 0.2) is 0 Å². The van der Waals surface area contributed by atoms with Gasteiger partial charge in [0, 0.05) is 56.2 Å². The van der Waals surface area contributed by atoms with Crippen LogP contribution < -0.4 is 4.74 Å². The number of nitrogens with zero attached hydrogens (tertiary/aromatic N) is 4. The molecule has 1 aromatic heterocycles. The first-order valence-corrected chi connectivity index (χ1v) is 12.3. The van der Waals surface area contributed by atoms with Gasteiger partial charge in [-0.1, -0.05) is 0 Å². The molecule has 4 rings (SSSR count). The van der Waals surface area contributed by atoms with Crippen molar-refractivity contribution in [1.82, 2.24) is 19.3 Å². The largest absolute Gasteiger partial charge is 0.490 e. The summed E-state index contributed by atoms with van der Waals surface area (Å²) in [7, 11) is 1.34. The van der Waals surface area contributed by atoms with Gasteiger partial charge >= 0.3 is 12.3 Å². The zero-order valence-corrected chi connectivity index (χ0v) is 20.9. The molecule has 3 heterocycles. The summed E-state index contributed by atoms with van der Waals surface area (Å²) < 4.78 is 50.8. The number of alkyl halides is 3. The smallest absolute Gasteiger partial charge is 0.409 e. The van der Waals surface area contributed by atoms with E-state index in [1.54, 1.807) is 9.80 Å². The first-order valence-electron chi connectivity index (χ1n) is 12.3. The zero-order chi connectivity index (χ0) is 26.0. The summed E-state index contributed by atoms with van der Waals surface area (Å²) in [5, 5.41) is 0.868. The molecule has 11 heteroatoms. The fourth-order valence-electron chi connectivity index (χ4n) is 5.02. The van der Waals surface area contributed by atoms with Crippen molar-refractivity contribution in [2.24, 2.45) is 0 Å². The van der Waals surface area contributed by atoms with Crippen LogP contribution in [0.2, 0.25) is 0 Å². The number of benzene rings is 1. The number of likely N-dealkylation sites (tertiary alicyclic amines) is 1. The van der Waals surface area contributed by atoms with E-state index in [9.17, 15) is 22.8 Å². The molecule has 198 valence electrons. The summed E-state index contributed by atoms with van der Waals surface area (Å²) in [6.07, 6.45) is -3.67. The van der Waals surface area contributed by atoms with Gasteiger partial charge in [-0.2, -0.15) is 13.2 Å². The number of methoxy groups -OCH3 is 1. The molecule has 8 nitrogen and oxygen atoms in total. The van der Waals surface area contributed by atoms with Gasteiger partial charge in [-0.25, -0.2) is 4.79 Å². The second kappa shape index (κ2) is 10.6. The molecule has 0 radical (unpaired) electrons. The monoisotopic (exact) mass is 510 g/mol.